The van der Waals surface area contributed by atoms with E-state index >= 15 is 0 Å². The first-order chi connectivity index (χ1) is 9.75. The summed E-state index contributed by atoms with van der Waals surface area (Å²) in [6.07, 6.45) is 3.99. The molecule has 0 bridgehead atoms. The van der Waals surface area contributed by atoms with Crippen molar-refractivity contribution in [1.29, 1.82) is 0 Å². The molecule has 0 amide bonds. The van der Waals surface area contributed by atoms with Crippen molar-refractivity contribution in [2.45, 2.75) is 37.1 Å². The van der Waals surface area contributed by atoms with Gasteiger partial charge in [-0.25, -0.2) is 0 Å². The van der Waals surface area contributed by atoms with Crippen LogP contribution in [0.3, 0.4) is 0 Å². The number of unbranched alkanes of at least 4 members (excludes halogenated alkanes) is 2. The first-order valence-corrected chi connectivity index (χ1v) is 12.6. The number of halogens is 1. The summed E-state index contributed by atoms with van der Waals surface area (Å²) in [5.41, 5.74) is 2.56. The SMILES string of the molecule is CCCCC[As]1(C)c2ccccc2[OH+]c2ccccc21.[I-]. The van der Waals surface area contributed by atoms with Gasteiger partial charge in [-0.1, -0.05) is 0 Å². The molecule has 3 heteroatoms. The van der Waals surface area contributed by atoms with Gasteiger partial charge in [0.15, 0.2) is 0 Å². The van der Waals surface area contributed by atoms with Crippen LogP contribution in [0.15, 0.2) is 48.5 Å². The van der Waals surface area contributed by atoms with Crippen LogP contribution in [0.1, 0.15) is 26.2 Å². The van der Waals surface area contributed by atoms with Gasteiger partial charge >= 0.3 is 124 Å². The molecular weight excluding hydrogens is 434 g/mol. The van der Waals surface area contributed by atoms with E-state index < -0.39 is 13.6 Å². The van der Waals surface area contributed by atoms with Gasteiger partial charge in [-0.2, -0.15) is 0 Å². The minimum Gasteiger partial charge on any atom is -1.00 e. The van der Waals surface area contributed by atoms with Gasteiger partial charge in [0.1, 0.15) is 0 Å². The summed E-state index contributed by atoms with van der Waals surface area (Å²) in [6, 6.07) is 17.6. The largest absolute Gasteiger partial charge is 1.00 e. The van der Waals surface area contributed by atoms with E-state index in [0.717, 1.165) is 0 Å². The molecule has 0 saturated heterocycles. The van der Waals surface area contributed by atoms with E-state index in [1.165, 1.54) is 36.0 Å². The van der Waals surface area contributed by atoms with Crippen LogP contribution >= 0.6 is 0 Å². The van der Waals surface area contributed by atoms with E-state index in [9.17, 15) is 0 Å². The first-order valence-electron chi connectivity index (χ1n) is 7.52. The molecule has 2 aromatic carbocycles. The van der Waals surface area contributed by atoms with Crippen LogP contribution in [0.5, 0.6) is 11.5 Å². The number of hydrogen-bond acceptors (Lipinski definition) is 0. The zero-order valence-electron chi connectivity index (χ0n) is 12.7. The molecule has 0 atom stereocenters. The monoisotopic (exact) mass is 457 g/mol. The topological polar surface area (TPSA) is 12.8 Å². The molecule has 1 N–H and O–H groups in total. The Kier molecular flexibility index (Phi) is 5.79. The second-order valence-electron chi connectivity index (χ2n) is 5.71. The Balaban J connectivity index is 0.00000161. The zero-order valence-corrected chi connectivity index (χ0v) is 16.8. The molecule has 0 aromatic heterocycles. The standard InChI is InChI=1S/C18H22AsO.HI/c1-3-4-9-14-19(2)15-10-5-7-12-17(15)20-18-13-8-6-11-16(18)19;/h5-8,10-13H,3-4,9,14H2,1-2H3;1H. The van der Waals surface area contributed by atoms with Crippen LogP contribution in [0, 0.1) is 0 Å². The van der Waals surface area contributed by atoms with Crippen molar-refractivity contribution in [1.82, 2.24) is 0 Å². The third kappa shape index (κ3) is 3.17. The van der Waals surface area contributed by atoms with E-state index in [1.54, 1.807) is 8.70 Å². The minimum atomic E-state index is -2.02. The number of aromatic hydroxyl groups is 2. The van der Waals surface area contributed by atoms with Crippen LogP contribution in [0.2, 0.25) is 10.9 Å². The number of para-hydroxylation sites is 2. The summed E-state index contributed by atoms with van der Waals surface area (Å²) in [5.74, 6) is 2.44. The fourth-order valence-electron chi connectivity index (χ4n) is 3.13. The van der Waals surface area contributed by atoms with Crippen LogP contribution in [-0.2, 0) is 0 Å². The Morgan fingerprint density at radius 3 is 1.90 bits per heavy atom. The Morgan fingerprint density at radius 2 is 1.38 bits per heavy atom. The Hall–Kier alpha value is -0.472. The van der Waals surface area contributed by atoms with E-state index in [4.69, 9.17) is 4.74 Å². The van der Waals surface area contributed by atoms with E-state index in [2.05, 4.69) is 61.2 Å². The molecule has 1 heterocycles. The molecule has 0 spiro atoms. The van der Waals surface area contributed by atoms with Crippen LogP contribution in [-0.4, -0.2) is 18.3 Å². The molecule has 1 aliphatic heterocycles. The van der Waals surface area contributed by atoms with E-state index in [-0.39, 0.29) is 24.0 Å². The third-order valence-corrected chi connectivity index (χ3v) is 12.9. The van der Waals surface area contributed by atoms with Crippen LogP contribution in [0.25, 0.3) is 0 Å². The molecule has 3 rings (SSSR count). The molecule has 1 aliphatic rings. The maximum absolute atomic E-state index is 4.88. The van der Waals surface area contributed by atoms with Crippen LogP contribution in [0.4, 0.5) is 0 Å². The normalized spacial score (nSPS) is 14.4. The maximum atomic E-state index is 4.88. The number of fused-ring (bicyclic) bond motifs is 2. The van der Waals surface area contributed by atoms with Gasteiger partial charge in [-0.3, -0.25) is 0 Å². The Bertz CT molecular complexity index is 566. The predicted octanol–water partition coefficient (Wildman–Crippen LogP) is 1.04. The van der Waals surface area contributed by atoms with Crippen molar-refractivity contribution in [3.63, 3.8) is 0 Å². The Morgan fingerprint density at radius 1 is 0.857 bits per heavy atom. The van der Waals surface area contributed by atoms with Crippen molar-refractivity contribution in [3.05, 3.63) is 48.5 Å². The third-order valence-electron chi connectivity index (χ3n) is 4.28. The van der Waals surface area contributed by atoms with Gasteiger partial charge in [0, 0.05) is 0 Å². The number of benzene rings is 2. The first kappa shape index (κ1) is 16.9. The van der Waals surface area contributed by atoms with Gasteiger partial charge in [-0.05, 0) is 0 Å². The molecule has 1 radical (unpaired) electrons. The Labute approximate surface area is 147 Å². The summed E-state index contributed by atoms with van der Waals surface area (Å²) in [5, 5.41) is 1.37. The quantitative estimate of drug-likeness (QED) is 0.282. The molecule has 0 unspecified atom stereocenters. The molecule has 0 saturated carbocycles. The summed E-state index contributed by atoms with van der Waals surface area (Å²) < 4.78 is 7.99. The van der Waals surface area contributed by atoms with Crippen LogP contribution < -0.4 is 32.7 Å². The zero-order chi connectivity index (χ0) is 14.0. The van der Waals surface area contributed by atoms with Gasteiger partial charge in [0.05, 0.1) is 0 Å². The molecule has 0 aliphatic carbocycles. The van der Waals surface area contributed by atoms with Crippen molar-refractivity contribution >= 4 is 22.3 Å². The number of ether oxygens (including phenoxy) is 1. The number of rotatable bonds is 4. The smallest absolute Gasteiger partial charge is 1.00 e. The van der Waals surface area contributed by atoms with Crippen molar-refractivity contribution in [3.8, 4) is 11.5 Å². The maximum Gasteiger partial charge on any atom is -1.00 e. The molecular formula is C18H23AsIO. The molecule has 113 valence electrons. The number of hydrogen-bond donors (Lipinski definition) is 0. The summed E-state index contributed by atoms with van der Waals surface area (Å²) in [4.78, 5) is 0. The summed E-state index contributed by atoms with van der Waals surface area (Å²) in [7, 11) is 0. The van der Waals surface area contributed by atoms with Crippen molar-refractivity contribution < 1.29 is 28.7 Å². The molecule has 0 fully saturated rings. The second kappa shape index (κ2) is 7.19. The summed E-state index contributed by atoms with van der Waals surface area (Å²) >= 11 is -2.02. The second-order valence-corrected chi connectivity index (χ2v) is 13.7. The van der Waals surface area contributed by atoms with Crippen molar-refractivity contribution in [2.24, 2.45) is 0 Å². The minimum absolute atomic E-state index is 0. The van der Waals surface area contributed by atoms with Gasteiger partial charge in [-0.15, -0.1) is 0 Å². The summed E-state index contributed by atoms with van der Waals surface area (Å²) in [6.45, 7) is 2.28. The van der Waals surface area contributed by atoms with Gasteiger partial charge in [0.25, 0.3) is 0 Å². The average molecular weight is 457 g/mol. The van der Waals surface area contributed by atoms with Crippen molar-refractivity contribution in [2.75, 3.05) is 0 Å². The van der Waals surface area contributed by atoms with E-state index in [0.29, 0.717) is 0 Å². The molecule has 2 aromatic rings. The average Bonchev–Trinajstić information content (AvgIpc) is 2.48. The fraction of sp³-hybridized carbons (Fsp3) is 0.333. The molecule has 1 nitrogen and oxygen atoms in total. The predicted molar refractivity (Wildman–Crippen MR) is 89.2 cm³/mol. The van der Waals surface area contributed by atoms with Gasteiger partial charge in [0.2, 0.25) is 0 Å². The molecule has 21 heavy (non-hydrogen) atoms. The fourth-order valence-corrected chi connectivity index (χ4v) is 10.9. The van der Waals surface area contributed by atoms with Gasteiger partial charge < -0.3 is 24.0 Å². The van der Waals surface area contributed by atoms with E-state index in [1.807, 2.05) is 0 Å².